The summed E-state index contributed by atoms with van der Waals surface area (Å²) < 4.78 is 0. The average molecular weight is 768 g/mol. The predicted octanol–water partition coefficient (Wildman–Crippen LogP) is 4.73. The van der Waals surface area contributed by atoms with Crippen LogP contribution in [0.15, 0.2) is 72.4 Å². The number of nitrogens with zero attached hydrogens (tertiary/aromatic N) is 6. The fraction of sp³-hybridized carbons (Fsp3) is 0.439. The lowest BCUT2D eigenvalue weighted by Crippen LogP contribution is -2.60. The number of para-hydroxylation sites is 1. The molecule has 4 aromatic rings. The molecule has 2 aliphatic heterocycles. The second-order valence-electron chi connectivity index (χ2n) is 15.7. The molecule has 2 amide bonds. The number of aromatic nitrogens is 3. The number of aryl methyl sites for hydroxylation is 1. The number of benzene rings is 2. The number of thiazole rings is 1. The van der Waals surface area contributed by atoms with Crippen molar-refractivity contribution in [2.45, 2.75) is 78.2 Å². The highest BCUT2D eigenvalue weighted by Crippen LogP contribution is 2.33. The van der Waals surface area contributed by atoms with Gasteiger partial charge >= 0.3 is 0 Å². The number of aromatic hydroxyl groups is 1. The lowest BCUT2D eigenvalue weighted by atomic mass is 9.85. The number of anilines is 2. The molecule has 2 aromatic carbocycles. The summed E-state index contributed by atoms with van der Waals surface area (Å²) >= 11 is 1.62. The molecule has 55 heavy (non-hydrogen) atoms. The van der Waals surface area contributed by atoms with Gasteiger partial charge < -0.3 is 36.4 Å². The molecule has 0 radical (unpaired) electrons. The Balaban J connectivity index is 1.08. The van der Waals surface area contributed by atoms with E-state index in [2.05, 4.69) is 66.5 Å². The van der Waals surface area contributed by atoms with E-state index in [0.29, 0.717) is 55.4 Å². The van der Waals surface area contributed by atoms with Gasteiger partial charge in [0.1, 0.15) is 11.8 Å². The molecule has 0 spiro atoms. The minimum absolute atomic E-state index is 0.0937. The number of hydrogen-bond donors (Lipinski definition) is 5. The topological polar surface area (TPSA) is 173 Å². The van der Waals surface area contributed by atoms with Crippen LogP contribution in [-0.2, 0) is 9.59 Å². The molecule has 0 bridgehead atoms. The zero-order valence-corrected chi connectivity index (χ0v) is 33.3. The van der Waals surface area contributed by atoms with Gasteiger partial charge in [0.05, 0.1) is 45.7 Å². The summed E-state index contributed by atoms with van der Waals surface area (Å²) in [6, 6.07) is 15.2. The number of nitrogen functional groups attached to an aromatic ring is 1. The number of nitrogens with one attached hydrogen (secondary N) is 2. The third-order valence-corrected chi connectivity index (χ3v) is 11.7. The average Bonchev–Trinajstić information content (AvgIpc) is 3.78. The number of phenols is 1. The Bertz CT molecular complexity index is 2010. The summed E-state index contributed by atoms with van der Waals surface area (Å²) in [7, 11) is 0. The van der Waals surface area contributed by atoms with Crippen LogP contribution in [0.1, 0.15) is 58.3 Å². The molecule has 2 saturated heterocycles. The van der Waals surface area contributed by atoms with Gasteiger partial charge in [-0.2, -0.15) is 0 Å². The van der Waals surface area contributed by atoms with Crippen molar-refractivity contribution in [1.82, 2.24) is 35.6 Å². The monoisotopic (exact) mass is 767 g/mol. The fourth-order valence-electron chi connectivity index (χ4n) is 7.41. The van der Waals surface area contributed by atoms with E-state index in [-0.39, 0.29) is 30.2 Å². The predicted molar refractivity (Wildman–Crippen MR) is 217 cm³/mol. The van der Waals surface area contributed by atoms with Crippen LogP contribution in [0.5, 0.6) is 5.75 Å². The quantitative estimate of drug-likeness (QED) is 0.143. The number of amides is 2. The molecule has 14 heteroatoms. The number of aliphatic hydroxyl groups is 1. The van der Waals surface area contributed by atoms with Crippen molar-refractivity contribution in [2.75, 3.05) is 43.4 Å². The van der Waals surface area contributed by atoms with Gasteiger partial charge in [-0.15, -0.1) is 21.5 Å². The van der Waals surface area contributed by atoms with Gasteiger partial charge in [-0.25, -0.2) is 4.98 Å². The number of nitrogens with two attached hydrogens (primary N) is 1. The van der Waals surface area contributed by atoms with Gasteiger partial charge in [0.2, 0.25) is 11.8 Å². The molecule has 4 heterocycles. The third kappa shape index (κ3) is 8.77. The van der Waals surface area contributed by atoms with E-state index in [1.807, 2.05) is 59.2 Å². The molecule has 13 nitrogen and oxygen atoms in total. The first-order valence-corrected chi connectivity index (χ1v) is 19.7. The van der Waals surface area contributed by atoms with E-state index in [1.54, 1.807) is 34.4 Å². The molecular formula is C41H53N9O4S. The molecule has 0 saturated carbocycles. The number of carbonyl (C=O) groups is 2. The van der Waals surface area contributed by atoms with Crippen molar-refractivity contribution in [3.8, 4) is 27.4 Å². The summed E-state index contributed by atoms with van der Waals surface area (Å²) in [5.74, 6) is -0.0936. The van der Waals surface area contributed by atoms with Gasteiger partial charge in [0, 0.05) is 56.4 Å². The van der Waals surface area contributed by atoms with Crippen LogP contribution >= 0.6 is 11.3 Å². The zero-order valence-electron chi connectivity index (χ0n) is 32.5. The van der Waals surface area contributed by atoms with Crippen molar-refractivity contribution >= 4 is 34.7 Å². The molecular weight excluding hydrogens is 715 g/mol. The van der Waals surface area contributed by atoms with Gasteiger partial charge in [0.15, 0.2) is 5.82 Å². The minimum Gasteiger partial charge on any atom is -0.507 e. The number of carbonyl (C=O) groups excluding carboxylic acids is 2. The maximum Gasteiger partial charge on any atom is 0.246 e. The number of β-amino-alcohol motifs (C(OH)–C–C–N with tert-alkyl or cyclic N) is 1. The minimum atomic E-state index is -0.833. The molecule has 1 unspecified atom stereocenters. The lowest BCUT2D eigenvalue weighted by molar-refractivity contribution is -0.141. The molecule has 0 aliphatic carbocycles. The van der Waals surface area contributed by atoms with Gasteiger partial charge in [-0.05, 0) is 55.5 Å². The summed E-state index contributed by atoms with van der Waals surface area (Å²) in [5.41, 5.74) is 13.1. The number of hydrogen-bond acceptors (Lipinski definition) is 12. The molecule has 6 N–H and O–H groups in total. The first kappa shape index (κ1) is 39.6. The Morgan fingerprint density at radius 3 is 2.35 bits per heavy atom. The van der Waals surface area contributed by atoms with Crippen LogP contribution in [0.25, 0.3) is 21.7 Å². The van der Waals surface area contributed by atoms with Crippen molar-refractivity contribution in [3.63, 3.8) is 0 Å². The Morgan fingerprint density at radius 1 is 1.02 bits per heavy atom. The second-order valence-corrected chi connectivity index (χ2v) is 16.6. The van der Waals surface area contributed by atoms with Crippen molar-refractivity contribution < 1.29 is 19.8 Å². The van der Waals surface area contributed by atoms with E-state index >= 15 is 0 Å². The molecule has 2 fully saturated rings. The second kappa shape index (κ2) is 16.4. The highest BCUT2D eigenvalue weighted by atomic mass is 32.1. The summed E-state index contributed by atoms with van der Waals surface area (Å²) in [5, 5.41) is 36.1. The molecule has 5 atom stereocenters. The zero-order chi connectivity index (χ0) is 39.6. The van der Waals surface area contributed by atoms with Gasteiger partial charge in [0.25, 0.3) is 0 Å². The van der Waals surface area contributed by atoms with Crippen LogP contribution in [-0.4, -0.2) is 104 Å². The van der Waals surface area contributed by atoms with Gasteiger partial charge in [-0.1, -0.05) is 63.7 Å². The number of likely N-dealkylation sites (tertiary alicyclic amines) is 1. The molecule has 2 aliphatic rings. The Kier molecular flexibility index (Phi) is 11.8. The summed E-state index contributed by atoms with van der Waals surface area (Å²) in [4.78, 5) is 39.6. The first-order valence-electron chi connectivity index (χ1n) is 18.8. The van der Waals surface area contributed by atoms with Crippen LogP contribution in [0.4, 0.5) is 11.5 Å². The van der Waals surface area contributed by atoms with E-state index in [9.17, 15) is 19.8 Å². The Morgan fingerprint density at radius 2 is 1.71 bits per heavy atom. The number of piperazine rings is 1. The SMILES string of the molecule is C=C(N[C@@H](C)c1ccc(-c2scnc2C)cc1)[C@@H]1C[C@@H](O)CN1C(=O)[C@@H](NC(=O)C(C)N1CCN(c2cc(-c3ccccc3O)nnc2N)CC1)C(C)(C)C. The highest BCUT2D eigenvalue weighted by molar-refractivity contribution is 7.13. The maximum atomic E-state index is 14.4. The van der Waals surface area contributed by atoms with E-state index in [0.717, 1.165) is 27.4 Å². The normalized spacial score (nSPS) is 19.5. The number of rotatable bonds is 11. The van der Waals surface area contributed by atoms with Gasteiger partial charge in [-0.3, -0.25) is 14.5 Å². The third-order valence-electron chi connectivity index (χ3n) is 10.7. The van der Waals surface area contributed by atoms with E-state index < -0.39 is 29.6 Å². The van der Waals surface area contributed by atoms with Crippen LogP contribution < -0.4 is 21.3 Å². The van der Waals surface area contributed by atoms with E-state index in [1.165, 1.54) is 0 Å². The molecule has 292 valence electrons. The fourth-order valence-corrected chi connectivity index (χ4v) is 8.22. The first-order chi connectivity index (χ1) is 26.1. The van der Waals surface area contributed by atoms with Crippen molar-refractivity contribution in [2.24, 2.45) is 5.41 Å². The lowest BCUT2D eigenvalue weighted by Gasteiger charge is -2.40. The maximum absolute atomic E-state index is 14.4. The van der Waals surface area contributed by atoms with Crippen LogP contribution in [0.3, 0.4) is 0 Å². The number of phenolic OH excluding ortho intramolecular Hbond substituents is 1. The highest BCUT2D eigenvalue weighted by Gasteiger charge is 2.44. The summed E-state index contributed by atoms with van der Waals surface area (Å²) in [6.45, 7) is 18.5. The number of aliphatic hydroxyl groups excluding tert-OH is 1. The standard InChI is InChI=1S/C41H53N9O4S/c1-24(28-12-14-29(15-13-28)36-26(3)43-23-55-36)44-25(2)33-20-30(51)22-50(33)40(54)37(41(5,6)7)45-39(53)27(4)48-16-18-49(19-17-48)34-21-32(46-47-38(34)42)31-10-8-9-11-35(31)52/h8-15,21,23-24,27,30,33,37,44,51-52H,2,16-20,22H2,1,3-7H3,(H2,42,47)(H,45,53)/t24-,27?,30+,33-,37+/m0/s1. The Labute approximate surface area is 327 Å². The molecule has 6 rings (SSSR count). The van der Waals surface area contributed by atoms with Crippen molar-refractivity contribution in [1.29, 1.82) is 0 Å². The Hall–Kier alpha value is -5.05. The van der Waals surface area contributed by atoms with Crippen LogP contribution in [0.2, 0.25) is 0 Å². The smallest absolute Gasteiger partial charge is 0.246 e. The molecule has 2 aromatic heterocycles. The largest absolute Gasteiger partial charge is 0.507 e. The van der Waals surface area contributed by atoms with Crippen LogP contribution in [0, 0.1) is 12.3 Å². The van der Waals surface area contributed by atoms with Crippen molar-refractivity contribution in [3.05, 3.63) is 83.6 Å². The summed E-state index contributed by atoms with van der Waals surface area (Å²) in [6.07, 6.45) is -0.361. The van der Waals surface area contributed by atoms with E-state index in [4.69, 9.17) is 5.73 Å².